The Morgan fingerprint density at radius 2 is 1.50 bits per heavy atom. The number of carboxylic acid groups (broad SMARTS) is 1. The molecule has 0 aliphatic rings. The Labute approximate surface area is 85.5 Å². The molecule has 0 bridgehead atoms. The van der Waals surface area contributed by atoms with Crippen LogP contribution >= 0.6 is 0 Å². The maximum Gasteiger partial charge on any atom is 0.303 e. The second-order valence-electron chi connectivity index (χ2n) is 3.07. The first-order valence-corrected chi connectivity index (χ1v) is 5.04. The van der Waals surface area contributed by atoms with Crippen LogP contribution in [0.2, 0.25) is 0 Å². The fourth-order valence-electron chi connectivity index (χ4n) is 0.679. The fourth-order valence-corrected chi connectivity index (χ4v) is 0.679. The van der Waals surface area contributed by atoms with Crippen LogP contribution in [-0.4, -0.2) is 17.0 Å². The number of amides is 1. The summed E-state index contributed by atoms with van der Waals surface area (Å²) < 4.78 is 0. The summed E-state index contributed by atoms with van der Waals surface area (Å²) in [6.45, 7) is 4.01. The van der Waals surface area contributed by atoms with Gasteiger partial charge in [0.2, 0.25) is 5.91 Å². The summed E-state index contributed by atoms with van der Waals surface area (Å²) in [6, 6.07) is 0. The lowest BCUT2D eigenvalue weighted by molar-refractivity contribution is -0.137. The van der Waals surface area contributed by atoms with Crippen molar-refractivity contribution in [3.8, 4) is 0 Å². The standard InChI is InChI=1S/C5H11NO.C5H10O2/c2*1-2-3-4-5(6)7/h2-4H2,1H3,(H2,6,7);2-4H2,1H3,(H,6,7). The van der Waals surface area contributed by atoms with Gasteiger partial charge in [0.15, 0.2) is 0 Å². The van der Waals surface area contributed by atoms with E-state index in [1.165, 1.54) is 0 Å². The Hall–Kier alpha value is -1.06. The van der Waals surface area contributed by atoms with Crippen molar-refractivity contribution in [3.05, 3.63) is 0 Å². The van der Waals surface area contributed by atoms with E-state index in [0.29, 0.717) is 12.8 Å². The Balaban J connectivity index is 0. The largest absolute Gasteiger partial charge is 0.481 e. The molecule has 0 aliphatic heterocycles. The maximum absolute atomic E-state index is 9.98. The van der Waals surface area contributed by atoms with Gasteiger partial charge in [-0.2, -0.15) is 0 Å². The molecule has 1 amide bonds. The van der Waals surface area contributed by atoms with E-state index >= 15 is 0 Å². The number of primary amides is 1. The number of carbonyl (C=O) groups excluding carboxylic acids is 1. The minimum atomic E-state index is -0.693. The first-order chi connectivity index (χ1) is 6.54. The Morgan fingerprint density at radius 1 is 1.07 bits per heavy atom. The number of hydrogen-bond acceptors (Lipinski definition) is 2. The molecular weight excluding hydrogens is 182 g/mol. The molecule has 0 aromatic carbocycles. The zero-order chi connectivity index (χ0) is 11.4. The molecule has 0 aromatic rings. The molecular formula is C10H21NO3. The normalized spacial score (nSPS) is 8.71. The number of nitrogens with two attached hydrogens (primary N) is 1. The molecule has 0 spiro atoms. The summed E-state index contributed by atoms with van der Waals surface area (Å²) in [6.07, 6.45) is 4.59. The minimum absolute atomic E-state index is 0.193. The highest BCUT2D eigenvalue weighted by Crippen LogP contribution is 1.91. The lowest BCUT2D eigenvalue weighted by Gasteiger charge is -1.86. The van der Waals surface area contributed by atoms with Crippen molar-refractivity contribution < 1.29 is 14.7 Å². The minimum Gasteiger partial charge on any atom is -0.481 e. The number of unbranched alkanes of at least 4 members (excludes halogenated alkanes) is 2. The number of hydrogen-bond donors (Lipinski definition) is 2. The third-order valence-corrected chi connectivity index (χ3v) is 1.52. The second kappa shape index (κ2) is 11.9. The van der Waals surface area contributed by atoms with Crippen molar-refractivity contribution in [2.24, 2.45) is 5.73 Å². The fraction of sp³-hybridized carbons (Fsp3) is 0.800. The van der Waals surface area contributed by atoms with Crippen LogP contribution in [0.5, 0.6) is 0 Å². The summed E-state index contributed by atoms with van der Waals surface area (Å²) >= 11 is 0. The highest BCUT2D eigenvalue weighted by molar-refractivity contribution is 5.73. The van der Waals surface area contributed by atoms with Crippen LogP contribution in [0, 0.1) is 0 Å². The van der Waals surface area contributed by atoms with Gasteiger partial charge in [-0.25, -0.2) is 0 Å². The third-order valence-electron chi connectivity index (χ3n) is 1.52. The zero-order valence-corrected chi connectivity index (χ0v) is 9.08. The van der Waals surface area contributed by atoms with Crippen LogP contribution < -0.4 is 5.73 Å². The van der Waals surface area contributed by atoms with Gasteiger partial charge in [0.1, 0.15) is 0 Å². The maximum atomic E-state index is 9.98. The highest BCUT2D eigenvalue weighted by Gasteiger charge is 1.90. The van der Waals surface area contributed by atoms with Crippen LogP contribution in [0.3, 0.4) is 0 Å². The lowest BCUT2D eigenvalue weighted by atomic mass is 10.2. The van der Waals surface area contributed by atoms with Gasteiger partial charge >= 0.3 is 5.97 Å². The molecule has 0 aliphatic carbocycles. The molecule has 0 saturated heterocycles. The van der Waals surface area contributed by atoms with E-state index in [1.54, 1.807) is 0 Å². The Morgan fingerprint density at radius 3 is 1.64 bits per heavy atom. The molecule has 0 fully saturated rings. The van der Waals surface area contributed by atoms with E-state index < -0.39 is 5.97 Å². The Bertz CT molecular complexity index is 139. The highest BCUT2D eigenvalue weighted by atomic mass is 16.4. The molecule has 4 heteroatoms. The predicted molar refractivity (Wildman–Crippen MR) is 55.9 cm³/mol. The van der Waals surface area contributed by atoms with Crippen LogP contribution in [-0.2, 0) is 9.59 Å². The molecule has 4 nitrogen and oxygen atoms in total. The van der Waals surface area contributed by atoms with E-state index in [9.17, 15) is 9.59 Å². The number of rotatable bonds is 6. The van der Waals surface area contributed by atoms with E-state index in [0.717, 1.165) is 25.7 Å². The quantitative estimate of drug-likeness (QED) is 0.692. The summed E-state index contributed by atoms with van der Waals surface area (Å²) in [4.78, 5) is 19.7. The van der Waals surface area contributed by atoms with Crippen molar-refractivity contribution in [2.75, 3.05) is 0 Å². The van der Waals surface area contributed by atoms with Gasteiger partial charge in [-0.1, -0.05) is 26.7 Å². The van der Waals surface area contributed by atoms with Gasteiger partial charge in [0.25, 0.3) is 0 Å². The van der Waals surface area contributed by atoms with Gasteiger partial charge in [-0.3, -0.25) is 9.59 Å². The lowest BCUT2D eigenvalue weighted by Crippen LogP contribution is -2.09. The average Bonchev–Trinajstić information content (AvgIpc) is 2.12. The smallest absolute Gasteiger partial charge is 0.303 e. The van der Waals surface area contributed by atoms with Crippen LogP contribution in [0.4, 0.5) is 0 Å². The predicted octanol–water partition coefficient (Wildman–Crippen LogP) is 1.92. The molecule has 0 atom stereocenters. The molecule has 84 valence electrons. The van der Waals surface area contributed by atoms with Crippen molar-refractivity contribution in [3.63, 3.8) is 0 Å². The van der Waals surface area contributed by atoms with Gasteiger partial charge < -0.3 is 10.8 Å². The van der Waals surface area contributed by atoms with Crippen LogP contribution in [0.25, 0.3) is 0 Å². The summed E-state index contributed by atoms with van der Waals surface area (Å²) in [5, 5.41) is 8.04. The van der Waals surface area contributed by atoms with E-state index in [-0.39, 0.29) is 5.91 Å². The van der Waals surface area contributed by atoms with Crippen LogP contribution in [0.15, 0.2) is 0 Å². The van der Waals surface area contributed by atoms with E-state index in [1.807, 2.05) is 13.8 Å². The number of aliphatic carboxylic acids is 1. The molecule has 3 N–H and O–H groups in total. The monoisotopic (exact) mass is 203 g/mol. The van der Waals surface area contributed by atoms with E-state index in [4.69, 9.17) is 10.8 Å². The van der Waals surface area contributed by atoms with Crippen molar-refractivity contribution in [2.45, 2.75) is 52.4 Å². The topological polar surface area (TPSA) is 80.4 Å². The molecule has 0 heterocycles. The van der Waals surface area contributed by atoms with Crippen LogP contribution in [0.1, 0.15) is 52.4 Å². The molecule has 14 heavy (non-hydrogen) atoms. The van der Waals surface area contributed by atoms with Gasteiger partial charge in [-0.15, -0.1) is 0 Å². The van der Waals surface area contributed by atoms with Gasteiger partial charge in [-0.05, 0) is 12.8 Å². The summed E-state index contributed by atoms with van der Waals surface area (Å²) in [5.74, 6) is -0.885. The van der Waals surface area contributed by atoms with Gasteiger partial charge in [0, 0.05) is 12.8 Å². The second-order valence-corrected chi connectivity index (χ2v) is 3.07. The molecule has 0 unspecified atom stereocenters. The molecule has 0 aromatic heterocycles. The summed E-state index contributed by atoms with van der Waals surface area (Å²) in [7, 11) is 0. The molecule has 0 saturated carbocycles. The summed E-state index contributed by atoms with van der Waals surface area (Å²) in [5.41, 5.74) is 4.84. The molecule has 0 radical (unpaired) electrons. The first-order valence-electron chi connectivity index (χ1n) is 5.04. The van der Waals surface area contributed by atoms with Crippen molar-refractivity contribution in [1.29, 1.82) is 0 Å². The third kappa shape index (κ3) is 22.4. The van der Waals surface area contributed by atoms with Crippen molar-refractivity contribution >= 4 is 11.9 Å². The molecule has 0 rings (SSSR count). The van der Waals surface area contributed by atoms with Crippen molar-refractivity contribution in [1.82, 2.24) is 0 Å². The number of carboxylic acids is 1. The average molecular weight is 203 g/mol. The van der Waals surface area contributed by atoms with E-state index in [2.05, 4.69) is 0 Å². The zero-order valence-electron chi connectivity index (χ0n) is 9.08. The SMILES string of the molecule is CCCCC(=O)O.CCCCC(N)=O. The first kappa shape index (κ1) is 15.4. The van der Waals surface area contributed by atoms with Gasteiger partial charge in [0.05, 0.1) is 0 Å². The Kier molecular flexibility index (Phi) is 13.1. The number of carbonyl (C=O) groups is 2.